The fourth-order valence-corrected chi connectivity index (χ4v) is 3.64. The van der Waals surface area contributed by atoms with E-state index in [1.54, 1.807) is 18.2 Å². The Labute approximate surface area is 160 Å². The molecule has 8 heteroatoms. The van der Waals surface area contributed by atoms with Crippen LogP contribution in [0.15, 0.2) is 41.1 Å². The van der Waals surface area contributed by atoms with E-state index < -0.39 is 0 Å². The van der Waals surface area contributed by atoms with Crippen molar-refractivity contribution in [3.8, 4) is 17.2 Å². The van der Waals surface area contributed by atoms with Crippen molar-refractivity contribution in [2.75, 3.05) is 7.11 Å². The quantitative estimate of drug-likeness (QED) is 0.461. The Morgan fingerprint density at radius 2 is 1.55 bits per heavy atom. The number of ether oxygens (including phenoxy) is 1. The first-order valence-electron chi connectivity index (χ1n) is 5.82. The molecule has 2 aromatic rings. The third-order valence-electron chi connectivity index (χ3n) is 2.76. The molecule has 22 heavy (non-hydrogen) atoms. The lowest BCUT2D eigenvalue weighted by Crippen LogP contribution is -1.91. The fraction of sp³-hybridized carbons (Fsp3) is 0.0714. The van der Waals surface area contributed by atoms with Crippen LogP contribution in [0.4, 0.5) is 5.69 Å². The van der Waals surface area contributed by atoms with Crippen molar-refractivity contribution in [2.45, 2.75) is 0 Å². The van der Waals surface area contributed by atoms with Gasteiger partial charge in [-0.05, 0) is 81.9 Å². The second kappa shape index (κ2) is 7.33. The molecule has 0 radical (unpaired) electrons. The maximum Gasteiger partial charge on any atom is 0.167 e. The number of aromatic hydroxyl groups is 2. The number of rotatable bonds is 3. The molecule has 0 fully saturated rings. The van der Waals surface area contributed by atoms with Crippen molar-refractivity contribution >= 4 is 75.6 Å². The second-order valence-electron chi connectivity index (χ2n) is 4.15. The monoisotopic (exact) mass is 555 g/mol. The summed E-state index contributed by atoms with van der Waals surface area (Å²) in [5.74, 6) is 0.426. The summed E-state index contributed by atoms with van der Waals surface area (Å²) in [6.07, 6.45) is 1.51. The summed E-state index contributed by atoms with van der Waals surface area (Å²) in [5.41, 5.74) is 1.08. The molecule has 0 bridgehead atoms. The van der Waals surface area contributed by atoms with Crippen LogP contribution in [-0.2, 0) is 0 Å². The van der Waals surface area contributed by atoms with Crippen LogP contribution < -0.4 is 4.74 Å². The summed E-state index contributed by atoms with van der Waals surface area (Å²) in [4.78, 5) is 4.31. The van der Waals surface area contributed by atoms with Crippen LogP contribution in [0.2, 0.25) is 0 Å². The summed E-state index contributed by atoms with van der Waals surface area (Å²) in [5, 5.41) is 19.9. The molecular formula is C14H9Br4NO3. The van der Waals surface area contributed by atoms with Gasteiger partial charge in [0.15, 0.2) is 11.5 Å². The van der Waals surface area contributed by atoms with E-state index in [2.05, 4.69) is 68.7 Å². The number of hydrogen-bond acceptors (Lipinski definition) is 4. The van der Waals surface area contributed by atoms with Gasteiger partial charge < -0.3 is 14.9 Å². The van der Waals surface area contributed by atoms with Crippen molar-refractivity contribution in [1.82, 2.24) is 0 Å². The lowest BCUT2D eigenvalue weighted by atomic mass is 10.2. The molecular weight excluding hydrogens is 550 g/mol. The number of phenols is 2. The highest BCUT2D eigenvalue weighted by atomic mass is 79.9. The standard InChI is InChI=1S/C14H9Br4NO3/c1-22-11-4-8(15)12(18)7(13(11)20)5-19-6-2-9(16)14(21)10(17)3-6/h2-5,20-21H,1H3. The van der Waals surface area contributed by atoms with Gasteiger partial charge >= 0.3 is 0 Å². The summed E-state index contributed by atoms with van der Waals surface area (Å²) in [6.45, 7) is 0. The third kappa shape index (κ3) is 3.67. The average Bonchev–Trinajstić information content (AvgIpc) is 2.48. The molecule has 2 aromatic carbocycles. The first-order valence-corrected chi connectivity index (χ1v) is 8.99. The molecule has 4 nitrogen and oxygen atoms in total. The van der Waals surface area contributed by atoms with Gasteiger partial charge in [-0.25, -0.2) is 0 Å². The van der Waals surface area contributed by atoms with Crippen LogP contribution >= 0.6 is 63.7 Å². The van der Waals surface area contributed by atoms with Crippen molar-refractivity contribution in [2.24, 2.45) is 4.99 Å². The predicted molar refractivity (Wildman–Crippen MR) is 101 cm³/mol. The number of hydrogen-bond donors (Lipinski definition) is 2. The van der Waals surface area contributed by atoms with Gasteiger partial charge in [0.05, 0.1) is 27.3 Å². The molecule has 0 saturated carbocycles. The van der Waals surface area contributed by atoms with Gasteiger partial charge in [0.25, 0.3) is 0 Å². The summed E-state index contributed by atoms with van der Waals surface area (Å²) in [7, 11) is 1.48. The van der Waals surface area contributed by atoms with Gasteiger partial charge in [-0.3, -0.25) is 4.99 Å². The molecule has 2 N–H and O–H groups in total. The van der Waals surface area contributed by atoms with E-state index in [1.807, 2.05) is 0 Å². The Balaban J connectivity index is 2.49. The van der Waals surface area contributed by atoms with Gasteiger partial charge in [-0.15, -0.1) is 0 Å². The van der Waals surface area contributed by atoms with Gasteiger partial charge in [-0.2, -0.15) is 0 Å². The van der Waals surface area contributed by atoms with E-state index in [-0.39, 0.29) is 11.5 Å². The van der Waals surface area contributed by atoms with Crippen molar-refractivity contribution < 1.29 is 14.9 Å². The highest BCUT2D eigenvalue weighted by molar-refractivity contribution is 9.13. The zero-order valence-corrected chi connectivity index (χ0v) is 17.4. The smallest absolute Gasteiger partial charge is 0.167 e. The normalized spacial score (nSPS) is 11.1. The van der Waals surface area contributed by atoms with Crippen LogP contribution in [0.25, 0.3) is 0 Å². The Morgan fingerprint density at radius 3 is 2.09 bits per heavy atom. The van der Waals surface area contributed by atoms with Crippen molar-refractivity contribution in [1.29, 1.82) is 0 Å². The molecule has 0 saturated heterocycles. The molecule has 116 valence electrons. The molecule has 0 aliphatic heterocycles. The lowest BCUT2D eigenvalue weighted by molar-refractivity contribution is 0.372. The van der Waals surface area contributed by atoms with E-state index in [0.717, 1.165) is 4.47 Å². The molecule has 0 heterocycles. The third-order valence-corrected chi connectivity index (χ3v) is 5.98. The van der Waals surface area contributed by atoms with Gasteiger partial charge in [0, 0.05) is 15.2 Å². The minimum absolute atomic E-state index is 0.0155. The minimum Gasteiger partial charge on any atom is -0.506 e. The van der Waals surface area contributed by atoms with Gasteiger partial charge in [0.2, 0.25) is 0 Å². The molecule has 0 unspecified atom stereocenters. The van der Waals surface area contributed by atoms with Crippen molar-refractivity contribution in [3.63, 3.8) is 0 Å². The predicted octanol–water partition coefficient (Wildman–Crippen LogP) is 5.91. The van der Waals surface area contributed by atoms with Gasteiger partial charge in [-0.1, -0.05) is 0 Å². The zero-order chi connectivity index (χ0) is 16.4. The molecule has 0 aliphatic rings. The van der Waals surface area contributed by atoms with Crippen molar-refractivity contribution in [3.05, 3.63) is 41.7 Å². The lowest BCUT2D eigenvalue weighted by Gasteiger charge is -2.10. The van der Waals surface area contributed by atoms with Crippen LogP contribution in [0.1, 0.15) is 5.56 Å². The maximum absolute atomic E-state index is 10.2. The molecule has 2 rings (SSSR count). The molecule has 0 spiro atoms. The second-order valence-corrected chi connectivity index (χ2v) is 7.51. The molecule has 0 atom stereocenters. The molecule has 0 amide bonds. The van der Waals surface area contributed by atoms with E-state index in [1.165, 1.54) is 13.3 Å². The molecule has 0 aliphatic carbocycles. The minimum atomic E-state index is -0.0155. The number of methoxy groups -OCH3 is 1. The number of benzene rings is 2. The average molecular weight is 559 g/mol. The van der Waals surface area contributed by atoms with E-state index in [9.17, 15) is 10.2 Å². The first-order chi connectivity index (χ1) is 10.3. The van der Waals surface area contributed by atoms with Gasteiger partial charge in [0.1, 0.15) is 5.75 Å². The Hall–Kier alpha value is -0.570. The molecule has 0 aromatic heterocycles. The van der Waals surface area contributed by atoms with Crippen LogP contribution in [0, 0.1) is 0 Å². The summed E-state index contributed by atoms with van der Waals surface area (Å²) < 4.78 is 7.54. The summed E-state index contributed by atoms with van der Waals surface area (Å²) in [6, 6.07) is 4.98. The summed E-state index contributed by atoms with van der Waals surface area (Å²) >= 11 is 13.3. The van der Waals surface area contributed by atoms with Crippen LogP contribution in [0.3, 0.4) is 0 Å². The highest BCUT2D eigenvalue weighted by Gasteiger charge is 2.14. The van der Waals surface area contributed by atoms with E-state index >= 15 is 0 Å². The van der Waals surface area contributed by atoms with Crippen LogP contribution in [-0.4, -0.2) is 23.5 Å². The fourth-order valence-electron chi connectivity index (χ4n) is 1.65. The maximum atomic E-state index is 10.2. The topological polar surface area (TPSA) is 62.0 Å². The van der Waals surface area contributed by atoms with E-state index in [0.29, 0.717) is 30.4 Å². The number of nitrogens with zero attached hydrogens (tertiary/aromatic N) is 1. The zero-order valence-electron chi connectivity index (χ0n) is 11.1. The van der Waals surface area contributed by atoms with E-state index in [4.69, 9.17) is 4.74 Å². The Kier molecular flexibility index (Phi) is 5.93. The largest absolute Gasteiger partial charge is 0.506 e. The SMILES string of the molecule is COc1cc(Br)c(Br)c(C=Nc2cc(Br)c(O)c(Br)c2)c1O. The Bertz CT molecular complexity index is 739. The number of aliphatic imine (C=N–C) groups is 1. The van der Waals surface area contributed by atoms with Crippen LogP contribution in [0.5, 0.6) is 17.2 Å². The number of phenolic OH excluding ortho intramolecular Hbond substituents is 2. The first kappa shape index (κ1) is 17.8. The Morgan fingerprint density at radius 1 is 0.955 bits per heavy atom. The number of halogens is 4. The highest BCUT2D eigenvalue weighted by Crippen LogP contribution is 2.40.